The lowest BCUT2D eigenvalue weighted by atomic mass is 9.85. The van der Waals surface area contributed by atoms with Crippen molar-refractivity contribution in [1.82, 2.24) is 0 Å². The van der Waals surface area contributed by atoms with Crippen molar-refractivity contribution in [3.05, 3.63) is 29.3 Å². The number of aliphatic hydroxyl groups excluding tert-OH is 2. The zero-order valence-corrected chi connectivity index (χ0v) is 11.7. The van der Waals surface area contributed by atoms with Gasteiger partial charge in [0.2, 0.25) is 0 Å². The smallest absolute Gasteiger partial charge is 0.122 e. The molecule has 1 unspecified atom stereocenters. The van der Waals surface area contributed by atoms with Crippen LogP contribution in [0.2, 0.25) is 0 Å². The Bertz CT molecular complexity index is 380. The second kappa shape index (κ2) is 6.21. The van der Waals surface area contributed by atoms with Crippen LogP contribution in [0.5, 0.6) is 5.75 Å². The SMILES string of the molecule is COc1ccc(CCC(O)CO)cc1C(C)(C)C. The third-order valence-corrected chi connectivity index (χ3v) is 3.05. The van der Waals surface area contributed by atoms with E-state index in [4.69, 9.17) is 9.84 Å². The van der Waals surface area contributed by atoms with Crippen molar-refractivity contribution in [3.8, 4) is 5.75 Å². The van der Waals surface area contributed by atoms with Gasteiger partial charge in [-0.25, -0.2) is 0 Å². The minimum absolute atomic E-state index is 0.0247. The molecule has 0 saturated carbocycles. The summed E-state index contributed by atoms with van der Waals surface area (Å²) in [5.41, 5.74) is 2.35. The summed E-state index contributed by atoms with van der Waals surface area (Å²) in [6, 6.07) is 6.11. The molecule has 1 atom stereocenters. The molecule has 18 heavy (non-hydrogen) atoms. The third-order valence-electron chi connectivity index (χ3n) is 3.05. The molecule has 0 bridgehead atoms. The Hall–Kier alpha value is -1.06. The van der Waals surface area contributed by atoms with Gasteiger partial charge in [0.05, 0.1) is 19.8 Å². The fourth-order valence-corrected chi connectivity index (χ4v) is 1.92. The van der Waals surface area contributed by atoms with Crippen molar-refractivity contribution in [2.45, 2.75) is 45.1 Å². The first-order valence-corrected chi connectivity index (χ1v) is 6.34. The van der Waals surface area contributed by atoms with E-state index in [0.29, 0.717) is 6.42 Å². The van der Waals surface area contributed by atoms with E-state index < -0.39 is 6.10 Å². The van der Waals surface area contributed by atoms with Gasteiger partial charge in [-0.15, -0.1) is 0 Å². The standard InChI is InChI=1S/C15H24O3/c1-15(2,3)13-9-11(5-7-12(17)10-16)6-8-14(13)18-4/h6,8-9,12,16-17H,5,7,10H2,1-4H3. The normalized spacial score (nSPS) is 13.4. The fourth-order valence-electron chi connectivity index (χ4n) is 1.92. The van der Waals surface area contributed by atoms with Crippen LogP contribution in [0, 0.1) is 0 Å². The van der Waals surface area contributed by atoms with Crippen molar-refractivity contribution in [3.63, 3.8) is 0 Å². The summed E-state index contributed by atoms with van der Waals surface area (Å²) in [6.45, 7) is 6.27. The van der Waals surface area contributed by atoms with E-state index >= 15 is 0 Å². The first-order chi connectivity index (χ1) is 8.38. The van der Waals surface area contributed by atoms with E-state index in [2.05, 4.69) is 26.8 Å². The molecule has 0 amide bonds. The number of aliphatic hydroxyl groups is 2. The van der Waals surface area contributed by atoms with Gasteiger partial charge in [0, 0.05) is 0 Å². The van der Waals surface area contributed by atoms with Crippen LogP contribution >= 0.6 is 0 Å². The second-order valence-corrected chi connectivity index (χ2v) is 5.66. The number of aryl methyl sites for hydroxylation is 1. The molecule has 3 heteroatoms. The van der Waals surface area contributed by atoms with Crippen molar-refractivity contribution in [1.29, 1.82) is 0 Å². The molecule has 1 rings (SSSR count). The molecule has 2 N–H and O–H groups in total. The summed E-state index contributed by atoms with van der Waals surface area (Å²) < 4.78 is 5.38. The van der Waals surface area contributed by atoms with Crippen LogP contribution < -0.4 is 4.74 Å². The van der Waals surface area contributed by atoms with Crippen LogP contribution in [0.15, 0.2) is 18.2 Å². The number of benzene rings is 1. The van der Waals surface area contributed by atoms with Crippen LogP contribution in [0.4, 0.5) is 0 Å². The highest BCUT2D eigenvalue weighted by Crippen LogP contribution is 2.32. The Balaban J connectivity index is 2.90. The lowest BCUT2D eigenvalue weighted by molar-refractivity contribution is 0.0886. The van der Waals surface area contributed by atoms with E-state index in [1.165, 1.54) is 5.56 Å². The van der Waals surface area contributed by atoms with E-state index in [1.807, 2.05) is 12.1 Å². The molecule has 0 radical (unpaired) electrons. The van der Waals surface area contributed by atoms with Crippen molar-refractivity contribution >= 4 is 0 Å². The number of ether oxygens (including phenoxy) is 1. The average molecular weight is 252 g/mol. The number of hydrogen-bond donors (Lipinski definition) is 2. The van der Waals surface area contributed by atoms with Gasteiger partial charge in [0.15, 0.2) is 0 Å². The lowest BCUT2D eigenvalue weighted by Gasteiger charge is -2.23. The quantitative estimate of drug-likeness (QED) is 0.845. The minimum Gasteiger partial charge on any atom is -0.496 e. The highest BCUT2D eigenvalue weighted by molar-refractivity contribution is 5.41. The van der Waals surface area contributed by atoms with Gasteiger partial charge in [-0.3, -0.25) is 0 Å². The number of hydrogen-bond acceptors (Lipinski definition) is 3. The van der Waals surface area contributed by atoms with Crippen LogP contribution in [-0.4, -0.2) is 30.0 Å². The van der Waals surface area contributed by atoms with Crippen molar-refractivity contribution in [2.24, 2.45) is 0 Å². The Labute approximate surface area is 109 Å². The maximum atomic E-state index is 9.37. The Kier molecular flexibility index (Phi) is 5.17. The number of rotatable bonds is 5. The van der Waals surface area contributed by atoms with Crippen LogP contribution in [-0.2, 0) is 11.8 Å². The zero-order chi connectivity index (χ0) is 13.8. The first kappa shape index (κ1) is 15.0. The monoisotopic (exact) mass is 252 g/mol. The van der Waals surface area contributed by atoms with Crippen LogP contribution in [0.25, 0.3) is 0 Å². The number of methoxy groups -OCH3 is 1. The first-order valence-electron chi connectivity index (χ1n) is 6.34. The molecule has 0 aliphatic heterocycles. The average Bonchev–Trinajstić information content (AvgIpc) is 2.34. The van der Waals surface area contributed by atoms with E-state index in [0.717, 1.165) is 17.7 Å². The molecule has 0 aliphatic rings. The van der Waals surface area contributed by atoms with E-state index in [1.54, 1.807) is 7.11 Å². The summed E-state index contributed by atoms with van der Waals surface area (Å²) in [6.07, 6.45) is 0.700. The summed E-state index contributed by atoms with van der Waals surface area (Å²) in [5, 5.41) is 18.2. The summed E-state index contributed by atoms with van der Waals surface area (Å²) in [5.74, 6) is 0.897. The molecule has 0 heterocycles. The topological polar surface area (TPSA) is 49.7 Å². The molecule has 1 aromatic rings. The zero-order valence-electron chi connectivity index (χ0n) is 11.7. The van der Waals surface area contributed by atoms with Crippen LogP contribution in [0.1, 0.15) is 38.3 Å². The molecule has 0 saturated heterocycles. The summed E-state index contributed by atoms with van der Waals surface area (Å²) in [7, 11) is 1.68. The van der Waals surface area contributed by atoms with Gasteiger partial charge in [-0.05, 0) is 35.4 Å². The predicted molar refractivity (Wildman–Crippen MR) is 73.1 cm³/mol. The molecule has 0 fully saturated rings. The molecule has 0 spiro atoms. The highest BCUT2D eigenvalue weighted by Gasteiger charge is 2.19. The van der Waals surface area contributed by atoms with Gasteiger partial charge in [-0.2, -0.15) is 0 Å². The largest absolute Gasteiger partial charge is 0.496 e. The second-order valence-electron chi connectivity index (χ2n) is 5.66. The van der Waals surface area contributed by atoms with Crippen molar-refractivity contribution in [2.75, 3.05) is 13.7 Å². The third kappa shape index (κ3) is 4.00. The van der Waals surface area contributed by atoms with Gasteiger partial charge < -0.3 is 14.9 Å². The molecular weight excluding hydrogens is 228 g/mol. The van der Waals surface area contributed by atoms with Gasteiger partial charge >= 0.3 is 0 Å². The molecule has 0 aromatic heterocycles. The van der Waals surface area contributed by atoms with E-state index in [-0.39, 0.29) is 12.0 Å². The minimum atomic E-state index is -0.634. The van der Waals surface area contributed by atoms with E-state index in [9.17, 15) is 5.11 Å². The van der Waals surface area contributed by atoms with Gasteiger partial charge in [-0.1, -0.05) is 32.9 Å². The predicted octanol–water partition coefficient (Wildman–Crippen LogP) is 2.28. The maximum absolute atomic E-state index is 9.37. The molecule has 1 aromatic carbocycles. The summed E-state index contributed by atoms with van der Waals surface area (Å²) >= 11 is 0. The highest BCUT2D eigenvalue weighted by atomic mass is 16.5. The van der Waals surface area contributed by atoms with Gasteiger partial charge in [0.1, 0.15) is 5.75 Å². The Morgan fingerprint density at radius 3 is 2.44 bits per heavy atom. The molecule has 102 valence electrons. The van der Waals surface area contributed by atoms with Crippen molar-refractivity contribution < 1.29 is 14.9 Å². The van der Waals surface area contributed by atoms with Crippen LogP contribution in [0.3, 0.4) is 0 Å². The maximum Gasteiger partial charge on any atom is 0.122 e. The van der Waals surface area contributed by atoms with Gasteiger partial charge in [0.25, 0.3) is 0 Å². The summed E-state index contributed by atoms with van der Waals surface area (Å²) in [4.78, 5) is 0. The molecule has 0 aliphatic carbocycles. The molecular formula is C15H24O3. The Morgan fingerprint density at radius 1 is 1.28 bits per heavy atom. The Morgan fingerprint density at radius 2 is 1.94 bits per heavy atom. The lowest BCUT2D eigenvalue weighted by Crippen LogP contribution is -2.15. The fraction of sp³-hybridized carbons (Fsp3) is 0.600. The molecule has 3 nitrogen and oxygen atoms in total.